The van der Waals surface area contributed by atoms with Crippen molar-refractivity contribution < 1.29 is 9.90 Å². The van der Waals surface area contributed by atoms with Crippen molar-refractivity contribution in [2.45, 2.75) is 12.8 Å². The van der Waals surface area contributed by atoms with Crippen molar-refractivity contribution in [1.29, 1.82) is 0 Å². The number of carbonyl (C=O) groups excluding carboxylic acids is 1. The molecule has 3 N–H and O–H groups in total. The SMILES string of the molecule is CN(CCO)CCc1cccc(Nc2nccc(-c3c(-c4cccc(NC(=O)Cc5ccccc5)c4)nc4ccccn34)n2)c1. The molecule has 3 heterocycles. The fourth-order valence-corrected chi connectivity index (χ4v) is 5.26. The zero-order valence-electron chi connectivity index (χ0n) is 25.1. The highest BCUT2D eigenvalue weighted by molar-refractivity contribution is 5.93. The molecule has 6 rings (SSSR count). The highest BCUT2D eigenvalue weighted by atomic mass is 16.3. The molecule has 0 radical (unpaired) electrons. The predicted octanol–water partition coefficient (Wildman–Crippen LogP) is 5.85. The summed E-state index contributed by atoms with van der Waals surface area (Å²) in [5, 5.41) is 15.6. The van der Waals surface area contributed by atoms with E-state index in [1.807, 2.05) is 109 Å². The highest BCUT2D eigenvalue weighted by Gasteiger charge is 2.18. The fraction of sp³-hybridized carbons (Fsp3) is 0.167. The summed E-state index contributed by atoms with van der Waals surface area (Å²) in [5.74, 6) is 0.391. The third kappa shape index (κ3) is 7.41. The lowest BCUT2D eigenvalue weighted by molar-refractivity contribution is -0.115. The first-order chi connectivity index (χ1) is 22.1. The van der Waals surface area contributed by atoms with Gasteiger partial charge >= 0.3 is 0 Å². The molecule has 0 aliphatic carbocycles. The molecule has 0 spiro atoms. The van der Waals surface area contributed by atoms with Gasteiger partial charge in [0.2, 0.25) is 11.9 Å². The first kappa shape index (κ1) is 29.7. The van der Waals surface area contributed by atoms with Crippen molar-refractivity contribution in [3.8, 4) is 22.6 Å². The number of nitrogens with zero attached hydrogens (tertiary/aromatic N) is 5. The van der Waals surface area contributed by atoms with Crippen LogP contribution in [0.4, 0.5) is 17.3 Å². The quantitative estimate of drug-likeness (QED) is 0.162. The van der Waals surface area contributed by atoms with E-state index >= 15 is 0 Å². The van der Waals surface area contributed by atoms with Gasteiger partial charge in [0.15, 0.2) is 0 Å². The van der Waals surface area contributed by atoms with Gasteiger partial charge in [-0.05, 0) is 67.1 Å². The van der Waals surface area contributed by atoms with Crippen LogP contribution in [0.5, 0.6) is 0 Å². The molecule has 0 saturated heterocycles. The molecule has 6 aromatic rings. The molecule has 226 valence electrons. The lowest BCUT2D eigenvalue weighted by Gasteiger charge is -2.15. The summed E-state index contributed by atoms with van der Waals surface area (Å²) in [6, 6.07) is 33.4. The third-order valence-electron chi connectivity index (χ3n) is 7.50. The Morgan fingerprint density at radius 3 is 2.51 bits per heavy atom. The zero-order chi connectivity index (χ0) is 31.0. The second-order valence-corrected chi connectivity index (χ2v) is 10.9. The average Bonchev–Trinajstić information content (AvgIpc) is 3.45. The minimum atomic E-state index is -0.0821. The number of likely N-dealkylation sites (N-methyl/N-ethyl adjacent to an activating group) is 1. The van der Waals surface area contributed by atoms with Gasteiger partial charge in [0.1, 0.15) is 5.65 Å². The molecule has 0 aliphatic rings. The number of benzene rings is 3. The number of hydrogen-bond donors (Lipinski definition) is 3. The number of rotatable bonds is 12. The van der Waals surface area contributed by atoms with E-state index in [-0.39, 0.29) is 12.5 Å². The lowest BCUT2D eigenvalue weighted by atomic mass is 10.1. The van der Waals surface area contributed by atoms with E-state index in [9.17, 15) is 9.90 Å². The summed E-state index contributed by atoms with van der Waals surface area (Å²) in [7, 11) is 2.00. The van der Waals surface area contributed by atoms with Crippen molar-refractivity contribution in [2.24, 2.45) is 0 Å². The van der Waals surface area contributed by atoms with Crippen LogP contribution in [0, 0.1) is 0 Å². The largest absolute Gasteiger partial charge is 0.395 e. The fourth-order valence-electron chi connectivity index (χ4n) is 5.26. The van der Waals surface area contributed by atoms with Crippen LogP contribution in [0.15, 0.2) is 116 Å². The van der Waals surface area contributed by atoms with Crippen LogP contribution >= 0.6 is 0 Å². The highest BCUT2D eigenvalue weighted by Crippen LogP contribution is 2.33. The van der Waals surface area contributed by atoms with Crippen LogP contribution in [0.25, 0.3) is 28.3 Å². The maximum atomic E-state index is 12.8. The van der Waals surface area contributed by atoms with Gasteiger partial charge in [-0.2, -0.15) is 0 Å². The number of fused-ring (bicyclic) bond motifs is 1. The van der Waals surface area contributed by atoms with Gasteiger partial charge < -0.3 is 20.6 Å². The average molecular weight is 598 g/mol. The van der Waals surface area contributed by atoms with Gasteiger partial charge in [-0.1, -0.05) is 60.7 Å². The Balaban J connectivity index is 1.27. The number of nitrogens with one attached hydrogen (secondary N) is 2. The molecule has 45 heavy (non-hydrogen) atoms. The van der Waals surface area contributed by atoms with E-state index in [1.54, 1.807) is 6.20 Å². The minimum absolute atomic E-state index is 0.0821. The topological polar surface area (TPSA) is 108 Å². The summed E-state index contributed by atoms with van der Waals surface area (Å²) in [4.78, 5) is 29.3. The summed E-state index contributed by atoms with van der Waals surface area (Å²) >= 11 is 0. The number of pyridine rings is 1. The lowest BCUT2D eigenvalue weighted by Crippen LogP contribution is -2.24. The Hall–Kier alpha value is -5.38. The van der Waals surface area contributed by atoms with Gasteiger partial charge in [-0.15, -0.1) is 0 Å². The molecule has 0 unspecified atom stereocenters. The Bertz CT molecular complexity index is 1910. The van der Waals surface area contributed by atoms with Gasteiger partial charge in [0.25, 0.3) is 0 Å². The summed E-state index contributed by atoms with van der Waals surface area (Å²) < 4.78 is 2.02. The van der Waals surface area contributed by atoms with Crippen molar-refractivity contribution in [3.05, 3.63) is 127 Å². The van der Waals surface area contributed by atoms with E-state index in [2.05, 4.69) is 32.7 Å². The van der Waals surface area contributed by atoms with Crippen molar-refractivity contribution >= 4 is 28.9 Å². The van der Waals surface area contributed by atoms with Gasteiger partial charge in [0, 0.05) is 42.4 Å². The monoisotopic (exact) mass is 597 g/mol. The Morgan fingerprint density at radius 1 is 0.844 bits per heavy atom. The smallest absolute Gasteiger partial charge is 0.228 e. The maximum absolute atomic E-state index is 12.8. The number of aromatic nitrogens is 4. The number of amides is 1. The molecule has 1 amide bonds. The number of carbonyl (C=O) groups is 1. The summed E-state index contributed by atoms with van der Waals surface area (Å²) in [5.41, 5.74) is 7.66. The second kappa shape index (κ2) is 13.9. The Morgan fingerprint density at radius 2 is 1.64 bits per heavy atom. The molecule has 0 atom stereocenters. The first-order valence-corrected chi connectivity index (χ1v) is 15.0. The maximum Gasteiger partial charge on any atom is 0.228 e. The Labute approximate surface area is 262 Å². The van der Waals surface area contributed by atoms with Gasteiger partial charge in [-0.25, -0.2) is 15.0 Å². The first-order valence-electron chi connectivity index (χ1n) is 15.0. The minimum Gasteiger partial charge on any atom is -0.395 e. The molecule has 0 aliphatic heterocycles. The van der Waals surface area contributed by atoms with E-state index < -0.39 is 0 Å². The molecule has 0 bridgehead atoms. The molecule has 3 aromatic carbocycles. The summed E-state index contributed by atoms with van der Waals surface area (Å²) in [6.07, 6.45) is 4.87. The number of imidazole rings is 1. The molecule has 9 nitrogen and oxygen atoms in total. The van der Waals surface area contributed by atoms with Crippen LogP contribution in [0.3, 0.4) is 0 Å². The third-order valence-corrected chi connectivity index (χ3v) is 7.50. The number of hydrogen-bond acceptors (Lipinski definition) is 7. The van der Waals surface area contributed by atoms with Crippen LogP contribution in [0.1, 0.15) is 11.1 Å². The van der Waals surface area contributed by atoms with E-state index in [0.29, 0.717) is 30.3 Å². The van der Waals surface area contributed by atoms with E-state index in [1.165, 1.54) is 5.56 Å². The molecule has 9 heteroatoms. The zero-order valence-corrected chi connectivity index (χ0v) is 25.1. The van der Waals surface area contributed by atoms with E-state index in [0.717, 1.165) is 46.8 Å². The standard InChI is InChI=1S/C36H35N7O2/c1-42(21-22-44)20-17-27-11-7-13-29(23-27)39-36-37-18-16-31(40-36)35-34(41-32-15-5-6-19-43(32)35)28-12-8-14-30(25-28)38-33(45)24-26-9-3-2-4-10-26/h2-16,18-19,23,25,44H,17,20-22,24H2,1H3,(H,38,45)(H,37,39,40). The van der Waals surface area contributed by atoms with Crippen molar-refractivity contribution in [1.82, 2.24) is 24.3 Å². The van der Waals surface area contributed by atoms with Crippen LogP contribution in [-0.4, -0.2) is 62.0 Å². The van der Waals surface area contributed by atoms with Crippen LogP contribution in [-0.2, 0) is 17.6 Å². The molecular weight excluding hydrogens is 562 g/mol. The molecule has 0 fully saturated rings. The predicted molar refractivity (Wildman–Crippen MR) is 178 cm³/mol. The molecule has 3 aromatic heterocycles. The van der Waals surface area contributed by atoms with Gasteiger partial charge in [0.05, 0.1) is 30.1 Å². The molecular formula is C36H35N7O2. The second-order valence-electron chi connectivity index (χ2n) is 10.9. The van der Waals surface area contributed by atoms with Crippen molar-refractivity contribution in [2.75, 3.05) is 37.4 Å². The number of aliphatic hydroxyl groups is 1. The molecule has 0 saturated carbocycles. The van der Waals surface area contributed by atoms with Crippen LogP contribution in [0.2, 0.25) is 0 Å². The van der Waals surface area contributed by atoms with E-state index in [4.69, 9.17) is 9.97 Å². The van der Waals surface area contributed by atoms with Crippen LogP contribution < -0.4 is 10.6 Å². The normalized spacial score (nSPS) is 11.2. The van der Waals surface area contributed by atoms with Crippen molar-refractivity contribution in [3.63, 3.8) is 0 Å². The Kier molecular flexibility index (Phi) is 9.19. The summed E-state index contributed by atoms with van der Waals surface area (Å²) in [6.45, 7) is 1.65. The number of aliphatic hydroxyl groups excluding tert-OH is 1. The number of anilines is 3. The van der Waals surface area contributed by atoms with Gasteiger partial charge in [-0.3, -0.25) is 9.20 Å².